The third kappa shape index (κ3) is 3.40. The molecule has 6 nitrogen and oxygen atoms in total. The number of hydrogen-bond acceptors (Lipinski definition) is 4. The molecule has 0 atom stereocenters. The van der Waals surface area contributed by atoms with E-state index in [4.69, 9.17) is 0 Å². The van der Waals surface area contributed by atoms with Gasteiger partial charge in [0.2, 0.25) is 0 Å². The molecule has 18 heavy (non-hydrogen) atoms. The van der Waals surface area contributed by atoms with E-state index in [1.807, 2.05) is 28.8 Å². The fraction of sp³-hybridized carbons (Fsp3) is 0.583. The van der Waals surface area contributed by atoms with Crippen molar-refractivity contribution in [1.29, 1.82) is 0 Å². The first-order valence-corrected chi connectivity index (χ1v) is 6.34. The summed E-state index contributed by atoms with van der Waals surface area (Å²) in [4.78, 5) is 4.27. The molecule has 1 N–H and O–H groups in total. The summed E-state index contributed by atoms with van der Waals surface area (Å²) >= 11 is 0. The minimum absolute atomic E-state index is 0.779. The molecule has 0 aliphatic carbocycles. The molecular formula is C12H20N6. The van der Waals surface area contributed by atoms with Crippen molar-refractivity contribution >= 4 is 0 Å². The summed E-state index contributed by atoms with van der Waals surface area (Å²) in [5.74, 6) is 0.993. The highest BCUT2D eigenvalue weighted by Crippen LogP contribution is 2.01. The van der Waals surface area contributed by atoms with Crippen LogP contribution in [0.3, 0.4) is 0 Å². The summed E-state index contributed by atoms with van der Waals surface area (Å²) in [7, 11) is 1.93. The second-order valence-electron chi connectivity index (χ2n) is 4.35. The Bertz CT molecular complexity index is 472. The van der Waals surface area contributed by atoms with E-state index in [9.17, 15) is 0 Å². The second-order valence-corrected chi connectivity index (χ2v) is 4.35. The lowest BCUT2D eigenvalue weighted by Crippen LogP contribution is -2.18. The first-order chi connectivity index (χ1) is 8.79. The van der Waals surface area contributed by atoms with Gasteiger partial charge in [-0.15, -0.1) is 0 Å². The van der Waals surface area contributed by atoms with Crippen LogP contribution in [0.25, 0.3) is 0 Å². The molecule has 2 rings (SSSR count). The van der Waals surface area contributed by atoms with Crippen LogP contribution in [-0.2, 0) is 26.6 Å². The van der Waals surface area contributed by atoms with Crippen molar-refractivity contribution in [2.75, 3.05) is 6.54 Å². The van der Waals surface area contributed by atoms with Gasteiger partial charge in [-0.25, -0.2) is 9.67 Å². The lowest BCUT2D eigenvalue weighted by molar-refractivity contribution is 0.548. The molecule has 0 amide bonds. The Hall–Kier alpha value is -1.69. The lowest BCUT2D eigenvalue weighted by atomic mass is 10.2. The summed E-state index contributed by atoms with van der Waals surface area (Å²) in [5.41, 5.74) is 1.22. The number of nitrogens with one attached hydrogen (secondary N) is 1. The van der Waals surface area contributed by atoms with E-state index in [1.165, 1.54) is 5.56 Å². The van der Waals surface area contributed by atoms with Crippen molar-refractivity contribution < 1.29 is 0 Å². The van der Waals surface area contributed by atoms with Gasteiger partial charge >= 0.3 is 0 Å². The molecule has 0 saturated heterocycles. The number of aryl methyl sites for hydroxylation is 3. The van der Waals surface area contributed by atoms with E-state index in [0.29, 0.717) is 0 Å². The first-order valence-electron chi connectivity index (χ1n) is 6.34. The van der Waals surface area contributed by atoms with Crippen molar-refractivity contribution in [2.24, 2.45) is 7.05 Å². The quantitative estimate of drug-likeness (QED) is 0.735. The van der Waals surface area contributed by atoms with Gasteiger partial charge < -0.3 is 5.32 Å². The van der Waals surface area contributed by atoms with Gasteiger partial charge in [0.15, 0.2) is 0 Å². The molecule has 0 unspecified atom stereocenters. The van der Waals surface area contributed by atoms with Crippen LogP contribution in [0.15, 0.2) is 18.7 Å². The van der Waals surface area contributed by atoms with Gasteiger partial charge in [-0.1, -0.05) is 6.92 Å². The highest BCUT2D eigenvalue weighted by atomic mass is 15.3. The third-order valence-corrected chi connectivity index (χ3v) is 2.78. The molecule has 0 aliphatic heterocycles. The maximum atomic E-state index is 4.27. The van der Waals surface area contributed by atoms with Gasteiger partial charge in [0.1, 0.15) is 12.2 Å². The average molecular weight is 248 g/mol. The molecule has 2 heterocycles. The molecule has 2 aromatic rings. The molecule has 0 spiro atoms. The molecule has 0 aliphatic rings. The van der Waals surface area contributed by atoms with E-state index in [-0.39, 0.29) is 0 Å². The first kappa shape index (κ1) is 12.8. The highest BCUT2D eigenvalue weighted by molar-refractivity contribution is 5.03. The van der Waals surface area contributed by atoms with Crippen LogP contribution in [-0.4, -0.2) is 31.1 Å². The zero-order chi connectivity index (χ0) is 12.8. The number of nitrogens with zero attached hydrogens (tertiary/aromatic N) is 5. The Morgan fingerprint density at radius 1 is 1.33 bits per heavy atom. The van der Waals surface area contributed by atoms with Gasteiger partial charge in [0.25, 0.3) is 0 Å². The zero-order valence-corrected chi connectivity index (χ0v) is 11.0. The largest absolute Gasteiger partial charge is 0.310 e. The molecular weight excluding hydrogens is 228 g/mol. The lowest BCUT2D eigenvalue weighted by Gasteiger charge is -2.05. The van der Waals surface area contributed by atoms with Crippen molar-refractivity contribution in [3.05, 3.63) is 30.1 Å². The zero-order valence-electron chi connectivity index (χ0n) is 11.0. The fourth-order valence-electron chi connectivity index (χ4n) is 1.82. The predicted octanol–water partition coefficient (Wildman–Crippen LogP) is 0.754. The molecule has 2 aromatic heterocycles. The van der Waals surface area contributed by atoms with Gasteiger partial charge in [-0.2, -0.15) is 10.2 Å². The van der Waals surface area contributed by atoms with Crippen LogP contribution in [0.5, 0.6) is 0 Å². The monoisotopic (exact) mass is 248 g/mol. The molecule has 98 valence electrons. The average Bonchev–Trinajstić information content (AvgIpc) is 2.96. The molecule has 0 bridgehead atoms. The topological polar surface area (TPSA) is 60.6 Å². The van der Waals surface area contributed by atoms with Crippen molar-refractivity contribution in [2.45, 2.75) is 32.9 Å². The molecule has 0 aromatic carbocycles. The summed E-state index contributed by atoms with van der Waals surface area (Å²) in [5, 5.41) is 11.8. The summed E-state index contributed by atoms with van der Waals surface area (Å²) in [6.45, 7) is 4.78. The van der Waals surface area contributed by atoms with Crippen molar-refractivity contribution in [3.8, 4) is 0 Å². The molecule has 0 fully saturated rings. The number of rotatable bonds is 7. The van der Waals surface area contributed by atoms with Crippen molar-refractivity contribution in [1.82, 2.24) is 29.9 Å². The molecule has 0 radical (unpaired) electrons. The maximum absolute atomic E-state index is 4.27. The Morgan fingerprint density at radius 3 is 2.94 bits per heavy atom. The van der Waals surface area contributed by atoms with Gasteiger partial charge in [-0.3, -0.25) is 4.68 Å². The van der Waals surface area contributed by atoms with Crippen LogP contribution in [0.1, 0.15) is 24.7 Å². The SMILES string of the molecule is CCCNCc1ncnn1CCc1cnn(C)c1. The minimum Gasteiger partial charge on any atom is -0.310 e. The van der Waals surface area contributed by atoms with Crippen LogP contribution in [0.2, 0.25) is 0 Å². The summed E-state index contributed by atoms with van der Waals surface area (Å²) in [6.07, 6.45) is 7.60. The van der Waals surface area contributed by atoms with Crippen LogP contribution < -0.4 is 5.32 Å². The fourth-order valence-corrected chi connectivity index (χ4v) is 1.82. The van der Waals surface area contributed by atoms with Crippen LogP contribution in [0.4, 0.5) is 0 Å². The summed E-state index contributed by atoms with van der Waals surface area (Å²) < 4.78 is 3.77. The number of hydrogen-bond donors (Lipinski definition) is 1. The number of aromatic nitrogens is 5. The normalized spacial score (nSPS) is 11.0. The van der Waals surface area contributed by atoms with Crippen LogP contribution >= 0.6 is 0 Å². The Labute approximate surface area is 107 Å². The van der Waals surface area contributed by atoms with Gasteiger partial charge in [-0.05, 0) is 24.9 Å². The Balaban J connectivity index is 1.87. The smallest absolute Gasteiger partial charge is 0.140 e. The van der Waals surface area contributed by atoms with E-state index in [2.05, 4.69) is 27.4 Å². The molecule has 0 saturated carbocycles. The highest BCUT2D eigenvalue weighted by Gasteiger charge is 2.04. The minimum atomic E-state index is 0.779. The molecule has 6 heteroatoms. The van der Waals surface area contributed by atoms with Crippen molar-refractivity contribution in [3.63, 3.8) is 0 Å². The van der Waals surface area contributed by atoms with E-state index in [1.54, 1.807) is 6.33 Å². The van der Waals surface area contributed by atoms with E-state index in [0.717, 1.165) is 38.3 Å². The predicted molar refractivity (Wildman–Crippen MR) is 68.9 cm³/mol. The maximum Gasteiger partial charge on any atom is 0.140 e. The van der Waals surface area contributed by atoms with Crippen LogP contribution in [0, 0.1) is 0 Å². The second kappa shape index (κ2) is 6.30. The Kier molecular flexibility index (Phi) is 4.46. The van der Waals surface area contributed by atoms with E-state index < -0.39 is 0 Å². The van der Waals surface area contributed by atoms with Gasteiger partial charge in [0, 0.05) is 19.8 Å². The van der Waals surface area contributed by atoms with Gasteiger partial charge in [0.05, 0.1) is 12.7 Å². The Morgan fingerprint density at radius 2 is 2.22 bits per heavy atom. The summed E-state index contributed by atoms with van der Waals surface area (Å²) in [6, 6.07) is 0. The van der Waals surface area contributed by atoms with E-state index >= 15 is 0 Å². The third-order valence-electron chi connectivity index (χ3n) is 2.78. The standard InChI is InChI=1S/C12H20N6/c1-3-5-13-8-12-14-10-16-18(12)6-4-11-7-15-17(2)9-11/h7,9-10,13H,3-6,8H2,1-2H3.